The molecule has 2 aliphatic rings. The minimum absolute atomic E-state index is 0.0164. The highest BCUT2D eigenvalue weighted by Crippen LogP contribution is 2.31. The maximum atomic E-state index is 12.9. The maximum Gasteiger partial charge on any atom is 0.250 e. The maximum absolute atomic E-state index is 12.9. The molecule has 3 atom stereocenters. The van der Waals surface area contributed by atoms with E-state index in [2.05, 4.69) is 4.98 Å². The van der Waals surface area contributed by atoms with E-state index < -0.39 is 0 Å². The van der Waals surface area contributed by atoms with Gasteiger partial charge in [-0.05, 0) is 31.0 Å². The van der Waals surface area contributed by atoms with Gasteiger partial charge < -0.3 is 18.9 Å². The SMILES string of the molecule is O=C(Cn1ccccc1=O)N1C[C@H](Oc2cccnc2)[C@H]2OCCC[C@H]21. The number of rotatable bonds is 4. The zero-order chi connectivity index (χ0) is 17.9. The molecular weight excluding hydrogens is 334 g/mol. The standard InChI is InChI=1S/C19H21N3O4/c23-17-7-1-2-9-21(17)13-18(24)22-12-16(19-15(22)6-4-10-25-19)26-14-5-3-8-20-11-14/h1-3,5,7-9,11,15-16,19H,4,6,10,12-13H2/t15-,16+,19+/m1/s1. The van der Waals surface area contributed by atoms with Gasteiger partial charge in [0.25, 0.3) is 5.56 Å². The van der Waals surface area contributed by atoms with Crippen LogP contribution in [-0.4, -0.2) is 51.8 Å². The summed E-state index contributed by atoms with van der Waals surface area (Å²) < 4.78 is 13.4. The van der Waals surface area contributed by atoms with Gasteiger partial charge >= 0.3 is 0 Å². The number of carbonyl (C=O) groups is 1. The number of hydrogen-bond acceptors (Lipinski definition) is 5. The van der Waals surface area contributed by atoms with Gasteiger partial charge in [0.1, 0.15) is 24.5 Å². The van der Waals surface area contributed by atoms with Gasteiger partial charge in [0.05, 0.1) is 18.8 Å². The van der Waals surface area contributed by atoms with E-state index in [0.29, 0.717) is 18.9 Å². The number of fused-ring (bicyclic) bond motifs is 1. The van der Waals surface area contributed by atoms with Crippen LogP contribution in [0.2, 0.25) is 0 Å². The average Bonchev–Trinajstić information content (AvgIpc) is 3.03. The van der Waals surface area contributed by atoms with Crippen LogP contribution in [0.25, 0.3) is 0 Å². The second-order valence-electron chi connectivity index (χ2n) is 6.60. The third-order valence-electron chi connectivity index (χ3n) is 4.92. The first-order valence-electron chi connectivity index (χ1n) is 8.85. The Hall–Kier alpha value is -2.67. The lowest BCUT2D eigenvalue weighted by Crippen LogP contribution is -2.45. The summed E-state index contributed by atoms with van der Waals surface area (Å²) in [4.78, 5) is 30.6. The first-order valence-corrected chi connectivity index (χ1v) is 8.85. The third-order valence-corrected chi connectivity index (χ3v) is 4.92. The minimum atomic E-state index is -0.235. The molecule has 136 valence electrons. The van der Waals surface area contributed by atoms with Gasteiger partial charge in [-0.2, -0.15) is 0 Å². The van der Waals surface area contributed by atoms with Crippen LogP contribution in [0.5, 0.6) is 5.75 Å². The van der Waals surface area contributed by atoms with Crippen LogP contribution in [0.3, 0.4) is 0 Å². The number of amides is 1. The van der Waals surface area contributed by atoms with Crippen molar-refractivity contribution in [3.8, 4) is 5.75 Å². The van der Waals surface area contributed by atoms with Crippen molar-refractivity contribution in [3.63, 3.8) is 0 Å². The molecular formula is C19H21N3O4. The van der Waals surface area contributed by atoms with Crippen molar-refractivity contribution in [1.29, 1.82) is 0 Å². The van der Waals surface area contributed by atoms with Crippen LogP contribution in [0.15, 0.2) is 53.7 Å². The van der Waals surface area contributed by atoms with Crippen LogP contribution in [-0.2, 0) is 16.1 Å². The van der Waals surface area contributed by atoms with Gasteiger partial charge in [0.2, 0.25) is 5.91 Å². The highest BCUT2D eigenvalue weighted by Gasteiger charge is 2.47. The number of pyridine rings is 2. The molecule has 7 nitrogen and oxygen atoms in total. The van der Waals surface area contributed by atoms with E-state index in [1.165, 1.54) is 10.6 Å². The molecule has 0 bridgehead atoms. The first-order chi connectivity index (χ1) is 12.7. The van der Waals surface area contributed by atoms with Gasteiger partial charge in [-0.1, -0.05) is 6.07 Å². The van der Waals surface area contributed by atoms with Crippen LogP contribution in [0.1, 0.15) is 12.8 Å². The molecule has 2 aliphatic heterocycles. The normalized spacial score (nSPS) is 24.9. The number of nitrogens with zero attached hydrogens (tertiary/aromatic N) is 3. The summed E-state index contributed by atoms with van der Waals surface area (Å²) in [7, 11) is 0. The fourth-order valence-electron chi connectivity index (χ4n) is 3.72. The zero-order valence-corrected chi connectivity index (χ0v) is 14.4. The summed E-state index contributed by atoms with van der Waals surface area (Å²) in [6.45, 7) is 1.15. The van der Waals surface area contributed by atoms with Crippen molar-refractivity contribution in [2.45, 2.75) is 37.6 Å². The van der Waals surface area contributed by atoms with Crippen molar-refractivity contribution >= 4 is 5.91 Å². The summed E-state index contributed by atoms with van der Waals surface area (Å²) in [6.07, 6.45) is 6.39. The number of likely N-dealkylation sites (tertiary alicyclic amines) is 1. The Labute approximate surface area is 151 Å². The third kappa shape index (κ3) is 3.35. The second-order valence-corrected chi connectivity index (χ2v) is 6.60. The van der Waals surface area contributed by atoms with Crippen molar-refractivity contribution in [2.75, 3.05) is 13.2 Å². The van der Waals surface area contributed by atoms with Crippen LogP contribution in [0, 0.1) is 0 Å². The molecule has 0 saturated carbocycles. The number of ether oxygens (including phenoxy) is 2. The molecule has 2 saturated heterocycles. The minimum Gasteiger partial charge on any atom is -0.484 e. The average molecular weight is 355 g/mol. The predicted octanol–water partition coefficient (Wildman–Crippen LogP) is 1.08. The topological polar surface area (TPSA) is 73.7 Å². The fourth-order valence-corrected chi connectivity index (χ4v) is 3.72. The Morgan fingerprint density at radius 3 is 3.04 bits per heavy atom. The summed E-state index contributed by atoms with van der Waals surface area (Å²) in [5.74, 6) is 0.579. The summed E-state index contributed by atoms with van der Waals surface area (Å²) in [5.41, 5.74) is -0.181. The lowest BCUT2D eigenvalue weighted by molar-refractivity contribution is -0.135. The molecule has 0 unspecified atom stereocenters. The highest BCUT2D eigenvalue weighted by molar-refractivity contribution is 5.77. The largest absolute Gasteiger partial charge is 0.484 e. The number of carbonyl (C=O) groups excluding carboxylic acids is 1. The molecule has 0 aromatic carbocycles. The predicted molar refractivity (Wildman–Crippen MR) is 93.8 cm³/mol. The Balaban J connectivity index is 1.51. The van der Waals surface area contributed by atoms with E-state index in [9.17, 15) is 9.59 Å². The Kier molecular flexibility index (Phi) is 4.71. The summed E-state index contributed by atoms with van der Waals surface area (Å²) in [5, 5.41) is 0. The van der Waals surface area contributed by atoms with E-state index >= 15 is 0 Å². The molecule has 0 spiro atoms. The highest BCUT2D eigenvalue weighted by atomic mass is 16.5. The molecule has 2 fully saturated rings. The zero-order valence-electron chi connectivity index (χ0n) is 14.4. The first kappa shape index (κ1) is 16.8. The van der Waals surface area contributed by atoms with Crippen molar-refractivity contribution in [1.82, 2.24) is 14.5 Å². The van der Waals surface area contributed by atoms with E-state index in [4.69, 9.17) is 9.47 Å². The lowest BCUT2D eigenvalue weighted by atomic mass is 10.0. The lowest BCUT2D eigenvalue weighted by Gasteiger charge is -2.32. The second kappa shape index (κ2) is 7.29. The van der Waals surface area contributed by atoms with Crippen molar-refractivity contribution in [3.05, 3.63) is 59.3 Å². The Bertz CT molecular complexity index is 823. The van der Waals surface area contributed by atoms with Crippen LogP contribution < -0.4 is 10.3 Å². The number of aromatic nitrogens is 2. The molecule has 0 radical (unpaired) electrons. The molecule has 26 heavy (non-hydrogen) atoms. The molecule has 2 aromatic heterocycles. The van der Waals surface area contributed by atoms with Crippen molar-refractivity contribution in [2.24, 2.45) is 0 Å². The van der Waals surface area contributed by atoms with E-state index in [0.717, 1.165) is 12.8 Å². The van der Waals surface area contributed by atoms with Gasteiger partial charge in [0.15, 0.2) is 0 Å². The summed E-state index contributed by atoms with van der Waals surface area (Å²) in [6, 6.07) is 8.52. The summed E-state index contributed by atoms with van der Waals surface area (Å²) >= 11 is 0. The van der Waals surface area contributed by atoms with E-state index in [-0.39, 0.29) is 36.3 Å². The molecule has 4 rings (SSSR count). The van der Waals surface area contributed by atoms with Crippen LogP contribution in [0.4, 0.5) is 0 Å². The van der Waals surface area contributed by atoms with E-state index in [1.54, 1.807) is 30.7 Å². The fraction of sp³-hybridized carbons (Fsp3) is 0.421. The molecule has 0 aliphatic carbocycles. The van der Waals surface area contributed by atoms with E-state index in [1.807, 2.05) is 17.0 Å². The van der Waals surface area contributed by atoms with Gasteiger partial charge in [-0.15, -0.1) is 0 Å². The van der Waals surface area contributed by atoms with Gasteiger partial charge in [-0.3, -0.25) is 14.6 Å². The molecule has 1 amide bonds. The van der Waals surface area contributed by atoms with Crippen LogP contribution >= 0.6 is 0 Å². The Morgan fingerprint density at radius 2 is 2.23 bits per heavy atom. The molecule has 2 aromatic rings. The quantitative estimate of drug-likeness (QED) is 0.821. The number of hydrogen-bond donors (Lipinski definition) is 0. The van der Waals surface area contributed by atoms with Gasteiger partial charge in [0, 0.05) is 25.1 Å². The smallest absolute Gasteiger partial charge is 0.250 e. The van der Waals surface area contributed by atoms with Crippen molar-refractivity contribution < 1.29 is 14.3 Å². The molecule has 7 heteroatoms. The molecule has 4 heterocycles. The monoisotopic (exact) mass is 355 g/mol. The van der Waals surface area contributed by atoms with Gasteiger partial charge in [-0.25, -0.2) is 0 Å². The Morgan fingerprint density at radius 1 is 1.31 bits per heavy atom. The molecule has 0 N–H and O–H groups in total.